The van der Waals surface area contributed by atoms with Crippen LogP contribution < -0.4 is 0 Å². The van der Waals surface area contributed by atoms with Gasteiger partial charge < -0.3 is 0 Å². The zero-order chi connectivity index (χ0) is 25.8. The lowest BCUT2D eigenvalue weighted by Crippen LogP contribution is -2.56. The third-order valence-electron chi connectivity index (χ3n) is 4.32. The molecule has 0 bridgehead atoms. The SMILES string of the molecule is Fc1c(F)c(F)c(CC(F)(F)C(F)(F)C(F)(F)Cc2c(F)c(F)c(F)c(F)c2F)c(F)c1F. The first-order valence-electron chi connectivity index (χ1n) is 7.94. The summed E-state index contributed by atoms with van der Waals surface area (Å²) in [5, 5.41) is 0. The summed E-state index contributed by atoms with van der Waals surface area (Å²) in [6.45, 7) is 0. The topological polar surface area (TPSA) is 0 Å². The smallest absolute Gasteiger partial charge is 0.203 e. The van der Waals surface area contributed by atoms with E-state index in [1.165, 1.54) is 0 Å². The highest BCUT2D eigenvalue weighted by atomic mass is 19.3. The Morgan fingerprint density at radius 2 is 0.515 bits per heavy atom. The van der Waals surface area contributed by atoms with Crippen LogP contribution in [0, 0.1) is 58.2 Å². The first-order valence-corrected chi connectivity index (χ1v) is 7.94. The third kappa shape index (κ3) is 4.07. The van der Waals surface area contributed by atoms with Crippen molar-refractivity contribution in [2.75, 3.05) is 0 Å². The van der Waals surface area contributed by atoms with E-state index >= 15 is 0 Å². The lowest BCUT2D eigenvalue weighted by atomic mass is 9.92. The molecule has 0 amide bonds. The molecule has 0 aliphatic carbocycles. The van der Waals surface area contributed by atoms with Gasteiger partial charge in [-0.15, -0.1) is 0 Å². The molecule has 0 radical (unpaired) electrons. The van der Waals surface area contributed by atoms with E-state index in [0.29, 0.717) is 0 Å². The Balaban J connectivity index is 2.55. The van der Waals surface area contributed by atoms with Crippen LogP contribution in [0.1, 0.15) is 11.1 Å². The summed E-state index contributed by atoms with van der Waals surface area (Å²) < 4.78 is 216. The number of hydrogen-bond acceptors (Lipinski definition) is 0. The summed E-state index contributed by atoms with van der Waals surface area (Å²) in [5.41, 5.74) is -5.27. The molecule has 0 aliphatic rings. The van der Waals surface area contributed by atoms with Crippen LogP contribution in [-0.2, 0) is 12.8 Å². The highest BCUT2D eigenvalue weighted by molar-refractivity contribution is 5.28. The molecule has 0 spiro atoms. The maximum atomic E-state index is 13.9. The molecule has 0 aliphatic heterocycles. The van der Waals surface area contributed by atoms with Gasteiger partial charge in [-0.2, -0.15) is 26.3 Å². The molecule has 0 saturated heterocycles. The van der Waals surface area contributed by atoms with Gasteiger partial charge in [-0.05, 0) is 0 Å². The second-order valence-corrected chi connectivity index (χ2v) is 6.43. The van der Waals surface area contributed by atoms with E-state index in [1.54, 1.807) is 0 Å². The van der Waals surface area contributed by atoms with Crippen LogP contribution in [0.3, 0.4) is 0 Å². The van der Waals surface area contributed by atoms with Crippen LogP contribution in [-0.4, -0.2) is 17.8 Å². The molecule has 0 nitrogen and oxygen atoms in total. The van der Waals surface area contributed by atoms with E-state index < -0.39 is 99.9 Å². The van der Waals surface area contributed by atoms with Gasteiger partial charge in [0.15, 0.2) is 46.5 Å². The number of halogens is 16. The van der Waals surface area contributed by atoms with Crippen molar-refractivity contribution in [3.8, 4) is 0 Å². The van der Waals surface area contributed by atoms with Gasteiger partial charge in [0.25, 0.3) is 0 Å². The molecule has 16 heteroatoms. The Kier molecular flexibility index (Phi) is 6.66. The molecule has 0 atom stereocenters. The Morgan fingerprint density at radius 1 is 0.333 bits per heavy atom. The fourth-order valence-corrected chi connectivity index (χ4v) is 2.54. The molecule has 0 N–H and O–H groups in total. The molecular formula is C17H4F16. The van der Waals surface area contributed by atoms with Crippen molar-refractivity contribution in [1.29, 1.82) is 0 Å². The van der Waals surface area contributed by atoms with Gasteiger partial charge >= 0.3 is 17.8 Å². The normalized spacial score (nSPS) is 13.1. The fourth-order valence-electron chi connectivity index (χ4n) is 2.54. The lowest BCUT2D eigenvalue weighted by Gasteiger charge is -2.33. The van der Waals surface area contributed by atoms with E-state index in [1.807, 2.05) is 0 Å². The molecule has 0 aromatic heterocycles. The van der Waals surface area contributed by atoms with Crippen molar-refractivity contribution in [3.63, 3.8) is 0 Å². The quantitative estimate of drug-likeness (QED) is 0.228. The van der Waals surface area contributed by atoms with Crippen LogP contribution in [0.25, 0.3) is 0 Å². The summed E-state index contributed by atoms with van der Waals surface area (Å²) in [7, 11) is 0. The van der Waals surface area contributed by atoms with Crippen molar-refractivity contribution in [2.45, 2.75) is 30.6 Å². The molecule has 0 fully saturated rings. The highest BCUT2D eigenvalue weighted by Gasteiger charge is 2.71. The minimum absolute atomic E-state index is 2.64. The number of rotatable bonds is 6. The second kappa shape index (κ2) is 8.27. The Bertz CT molecular complexity index is 960. The second-order valence-electron chi connectivity index (χ2n) is 6.43. The van der Waals surface area contributed by atoms with E-state index in [9.17, 15) is 70.2 Å². The molecule has 184 valence electrons. The van der Waals surface area contributed by atoms with Crippen molar-refractivity contribution < 1.29 is 70.2 Å². The summed E-state index contributed by atoms with van der Waals surface area (Å²) in [5.74, 6) is -49.2. The van der Waals surface area contributed by atoms with E-state index in [-0.39, 0.29) is 0 Å². The van der Waals surface area contributed by atoms with Gasteiger partial charge in [-0.3, -0.25) is 0 Å². The van der Waals surface area contributed by atoms with E-state index in [0.717, 1.165) is 0 Å². The van der Waals surface area contributed by atoms with Gasteiger partial charge in [-0.25, -0.2) is 43.9 Å². The zero-order valence-electron chi connectivity index (χ0n) is 15.0. The van der Waals surface area contributed by atoms with Crippen LogP contribution >= 0.6 is 0 Å². The molecule has 2 rings (SSSR count). The number of alkyl halides is 6. The molecule has 2 aromatic rings. The molecule has 0 saturated carbocycles. The van der Waals surface area contributed by atoms with Crippen molar-refractivity contribution in [3.05, 3.63) is 69.3 Å². The molecule has 2 aromatic carbocycles. The maximum absolute atomic E-state index is 13.9. The Morgan fingerprint density at radius 3 is 0.727 bits per heavy atom. The third-order valence-corrected chi connectivity index (χ3v) is 4.32. The molecule has 0 unspecified atom stereocenters. The van der Waals surface area contributed by atoms with E-state index in [2.05, 4.69) is 0 Å². The van der Waals surface area contributed by atoms with Gasteiger partial charge in [0, 0.05) is 24.0 Å². The standard InChI is InChI=1S/C17H4F16/c18-5-3(6(19)10(23)13(26)9(5)22)1-15(28,29)17(32,33)16(30,31)2-4-7(20)11(24)14(27)12(25)8(4)21/h1-2H2. The average molecular weight is 512 g/mol. The first-order chi connectivity index (χ1) is 14.8. The summed E-state index contributed by atoms with van der Waals surface area (Å²) in [4.78, 5) is 0. The van der Waals surface area contributed by atoms with Crippen molar-refractivity contribution >= 4 is 0 Å². The van der Waals surface area contributed by atoms with Gasteiger partial charge in [-0.1, -0.05) is 0 Å². The van der Waals surface area contributed by atoms with Crippen molar-refractivity contribution in [2.24, 2.45) is 0 Å². The van der Waals surface area contributed by atoms with Crippen LogP contribution in [0.5, 0.6) is 0 Å². The Labute approximate surface area is 171 Å². The van der Waals surface area contributed by atoms with Gasteiger partial charge in [0.1, 0.15) is 0 Å². The lowest BCUT2D eigenvalue weighted by molar-refractivity contribution is -0.308. The summed E-state index contributed by atoms with van der Waals surface area (Å²) in [6.07, 6.45) is -6.48. The molecule has 0 heterocycles. The maximum Gasteiger partial charge on any atom is 0.372 e. The van der Waals surface area contributed by atoms with Gasteiger partial charge in [0.2, 0.25) is 11.6 Å². The summed E-state index contributed by atoms with van der Waals surface area (Å²) in [6, 6.07) is 0. The van der Waals surface area contributed by atoms with Crippen LogP contribution in [0.4, 0.5) is 70.2 Å². The zero-order valence-corrected chi connectivity index (χ0v) is 15.0. The monoisotopic (exact) mass is 512 g/mol. The number of benzene rings is 2. The molecule has 33 heavy (non-hydrogen) atoms. The average Bonchev–Trinajstić information content (AvgIpc) is 2.73. The summed E-state index contributed by atoms with van der Waals surface area (Å²) >= 11 is 0. The predicted molar refractivity (Wildman–Crippen MR) is 74.7 cm³/mol. The largest absolute Gasteiger partial charge is 0.372 e. The minimum atomic E-state index is -6.87. The highest BCUT2D eigenvalue weighted by Crippen LogP contribution is 2.49. The number of hydrogen-bond donors (Lipinski definition) is 0. The van der Waals surface area contributed by atoms with E-state index in [4.69, 9.17) is 0 Å². The van der Waals surface area contributed by atoms with Gasteiger partial charge in [0.05, 0.1) is 0 Å². The minimum Gasteiger partial charge on any atom is -0.203 e. The van der Waals surface area contributed by atoms with Crippen molar-refractivity contribution in [1.82, 2.24) is 0 Å². The first kappa shape index (κ1) is 26.6. The fraction of sp³-hybridized carbons (Fsp3) is 0.294. The molecular weight excluding hydrogens is 508 g/mol. The predicted octanol–water partition coefficient (Wildman–Crippen LogP) is 6.77. The Hall–Kier alpha value is -2.68. The van der Waals surface area contributed by atoms with Crippen LogP contribution in [0.15, 0.2) is 0 Å². The van der Waals surface area contributed by atoms with Crippen LogP contribution in [0.2, 0.25) is 0 Å².